The van der Waals surface area contributed by atoms with E-state index in [1.165, 1.54) is 23.9 Å². The molecular formula is C23H28ClFN2O2S. The molecule has 2 amide bonds. The number of amides is 2. The van der Waals surface area contributed by atoms with Gasteiger partial charge in [-0.25, -0.2) is 4.39 Å². The van der Waals surface area contributed by atoms with Gasteiger partial charge in [-0.2, -0.15) is 0 Å². The van der Waals surface area contributed by atoms with Crippen LogP contribution in [0.4, 0.5) is 4.39 Å². The highest BCUT2D eigenvalue weighted by Crippen LogP contribution is 2.18. The van der Waals surface area contributed by atoms with E-state index >= 15 is 0 Å². The molecule has 0 saturated carbocycles. The Balaban J connectivity index is 2.07. The van der Waals surface area contributed by atoms with Crippen LogP contribution in [-0.2, 0) is 21.9 Å². The Morgan fingerprint density at radius 2 is 1.83 bits per heavy atom. The number of halogens is 2. The maximum absolute atomic E-state index is 13.3. The van der Waals surface area contributed by atoms with Gasteiger partial charge in [0, 0.05) is 23.4 Å². The highest BCUT2D eigenvalue weighted by atomic mass is 35.5. The third-order valence-electron chi connectivity index (χ3n) is 4.82. The highest BCUT2D eigenvalue weighted by molar-refractivity contribution is 7.99. The Bertz CT molecular complexity index is 847. The van der Waals surface area contributed by atoms with Gasteiger partial charge in [0.05, 0.1) is 5.75 Å². The average molecular weight is 451 g/mol. The van der Waals surface area contributed by atoms with Crippen molar-refractivity contribution in [3.05, 3.63) is 70.5 Å². The van der Waals surface area contributed by atoms with E-state index in [0.717, 1.165) is 17.5 Å². The molecule has 7 heteroatoms. The van der Waals surface area contributed by atoms with Gasteiger partial charge in [0.1, 0.15) is 11.9 Å². The Labute approximate surface area is 187 Å². The number of carbonyl (C=O) groups excluding carboxylic acids is 2. The van der Waals surface area contributed by atoms with Crippen molar-refractivity contribution in [2.75, 3.05) is 5.75 Å². The number of benzene rings is 2. The minimum absolute atomic E-state index is 0.0277. The number of nitrogens with one attached hydrogen (secondary N) is 1. The third kappa shape index (κ3) is 7.65. The van der Waals surface area contributed by atoms with Crippen LogP contribution in [0.15, 0.2) is 48.5 Å². The normalized spacial score (nSPS) is 12.8. The van der Waals surface area contributed by atoms with Crippen molar-refractivity contribution in [1.29, 1.82) is 0 Å². The van der Waals surface area contributed by atoms with Crippen molar-refractivity contribution in [1.82, 2.24) is 10.2 Å². The molecule has 0 heterocycles. The molecule has 2 atom stereocenters. The third-order valence-corrected chi connectivity index (χ3v) is 6.04. The quantitative estimate of drug-likeness (QED) is 0.551. The van der Waals surface area contributed by atoms with Crippen LogP contribution in [-0.4, -0.2) is 34.6 Å². The first kappa shape index (κ1) is 24.2. The predicted octanol–water partition coefficient (Wildman–Crippen LogP) is 5.04. The van der Waals surface area contributed by atoms with E-state index in [1.807, 2.05) is 38.1 Å². The smallest absolute Gasteiger partial charge is 0.242 e. The van der Waals surface area contributed by atoms with Crippen LogP contribution in [0.2, 0.25) is 5.02 Å². The summed E-state index contributed by atoms with van der Waals surface area (Å²) < 4.78 is 13.3. The van der Waals surface area contributed by atoms with Crippen LogP contribution in [0.25, 0.3) is 0 Å². The first-order valence-electron chi connectivity index (χ1n) is 9.96. The first-order valence-corrected chi connectivity index (χ1v) is 11.5. The van der Waals surface area contributed by atoms with Crippen molar-refractivity contribution < 1.29 is 14.0 Å². The molecule has 4 nitrogen and oxygen atoms in total. The zero-order valence-electron chi connectivity index (χ0n) is 17.5. The molecule has 0 radical (unpaired) electrons. The minimum atomic E-state index is -0.636. The molecule has 0 aliphatic rings. The van der Waals surface area contributed by atoms with Crippen LogP contribution in [0.1, 0.15) is 38.3 Å². The van der Waals surface area contributed by atoms with Gasteiger partial charge in [0.25, 0.3) is 0 Å². The number of carbonyl (C=O) groups is 2. The van der Waals surface area contributed by atoms with Crippen molar-refractivity contribution in [3.8, 4) is 0 Å². The van der Waals surface area contributed by atoms with Crippen molar-refractivity contribution in [2.24, 2.45) is 0 Å². The molecular weight excluding hydrogens is 423 g/mol. The molecule has 30 heavy (non-hydrogen) atoms. The molecule has 2 rings (SSSR count). The molecule has 162 valence electrons. The highest BCUT2D eigenvalue weighted by Gasteiger charge is 2.26. The number of thioether (sulfide) groups is 1. The van der Waals surface area contributed by atoms with E-state index in [-0.39, 0.29) is 36.0 Å². The second kappa shape index (κ2) is 12.0. The van der Waals surface area contributed by atoms with Crippen molar-refractivity contribution >= 4 is 35.2 Å². The topological polar surface area (TPSA) is 49.4 Å². The summed E-state index contributed by atoms with van der Waals surface area (Å²) in [5.74, 6) is 0.202. The Morgan fingerprint density at radius 1 is 1.13 bits per heavy atom. The van der Waals surface area contributed by atoms with Gasteiger partial charge in [-0.3, -0.25) is 9.59 Å². The van der Waals surface area contributed by atoms with E-state index in [9.17, 15) is 14.0 Å². The summed E-state index contributed by atoms with van der Waals surface area (Å²) in [5.41, 5.74) is 1.81. The monoisotopic (exact) mass is 450 g/mol. The van der Waals surface area contributed by atoms with E-state index < -0.39 is 6.04 Å². The molecule has 0 saturated heterocycles. The summed E-state index contributed by atoms with van der Waals surface area (Å²) in [6, 6.07) is 12.9. The molecule has 2 aromatic carbocycles. The lowest BCUT2D eigenvalue weighted by molar-refractivity contribution is -0.138. The molecule has 1 N–H and O–H groups in total. The Kier molecular flexibility index (Phi) is 9.66. The number of hydrogen-bond acceptors (Lipinski definition) is 3. The fourth-order valence-electron chi connectivity index (χ4n) is 2.80. The van der Waals surface area contributed by atoms with E-state index in [2.05, 4.69) is 5.32 Å². The summed E-state index contributed by atoms with van der Waals surface area (Å²) in [4.78, 5) is 27.2. The van der Waals surface area contributed by atoms with Gasteiger partial charge in [-0.15, -0.1) is 11.8 Å². The zero-order valence-corrected chi connectivity index (χ0v) is 19.1. The largest absolute Gasteiger partial charge is 0.352 e. The van der Waals surface area contributed by atoms with Gasteiger partial charge in [0.2, 0.25) is 11.8 Å². The van der Waals surface area contributed by atoms with E-state index in [0.29, 0.717) is 10.8 Å². The lowest BCUT2D eigenvalue weighted by atomic mass is 10.1. The standard InChI is InChI=1S/C23H28ClFN2O2S/c1-4-16(2)26-23(29)17(3)27(13-18-8-10-21(25)11-9-18)22(28)15-30-14-19-6-5-7-20(24)12-19/h5-12,16-17H,4,13-15H2,1-3H3,(H,26,29). The van der Waals surface area contributed by atoms with Crippen LogP contribution in [0.5, 0.6) is 0 Å². The van der Waals surface area contributed by atoms with Gasteiger partial charge in [-0.05, 0) is 55.7 Å². The number of rotatable bonds is 10. The summed E-state index contributed by atoms with van der Waals surface area (Å²) in [5, 5.41) is 3.59. The van der Waals surface area contributed by atoms with Crippen LogP contribution in [0, 0.1) is 5.82 Å². The van der Waals surface area contributed by atoms with Crippen molar-refractivity contribution in [3.63, 3.8) is 0 Å². The Morgan fingerprint density at radius 3 is 2.47 bits per heavy atom. The molecule has 2 unspecified atom stereocenters. The van der Waals surface area contributed by atoms with E-state index in [4.69, 9.17) is 11.6 Å². The molecule has 0 bridgehead atoms. The maximum atomic E-state index is 13.3. The SMILES string of the molecule is CCC(C)NC(=O)C(C)N(Cc1ccc(F)cc1)C(=O)CSCc1cccc(Cl)c1. The van der Waals surface area contributed by atoms with Gasteiger partial charge in [-0.1, -0.05) is 42.8 Å². The van der Waals surface area contributed by atoms with E-state index in [1.54, 1.807) is 24.0 Å². The molecule has 0 fully saturated rings. The van der Waals surface area contributed by atoms with Gasteiger partial charge < -0.3 is 10.2 Å². The fraction of sp³-hybridized carbons (Fsp3) is 0.391. The second-order valence-corrected chi connectivity index (χ2v) is 8.69. The summed E-state index contributed by atoms with van der Waals surface area (Å²) >= 11 is 7.48. The van der Waals surface area contributed by atoms with Crippen LogP contribution < -0.4 is 5.32 Å². The maximum Gasteiger partial charge on any atom is 0.242 e. The van der Waals surface area contributed by atoms with Gasteiger partial charge >= 0.3 is 0 Å². The second-order valence-electron chi connectivity index (χ2n) is 7.26. The summed E-state index contributed by atoms with van der Waals surface area (Å²) in [6.07, 6.45) is 0.805. The van der Waals surface area contributed by atoms with Gasteiger partial charge in [0.15, 0.2) is 0 Å². The Hall–Kier alpha value is -2.05. The predicted molar refractivity (Wildman–Crippen MR) is 122 cm³/mol. The molecule has 2 aromatic rings. The number of hydrogen-bond donors (Lipinski definition) is 1. The lowest BCUT2D eigenvalue weighted by Gasteiger charge is -2.29. The summed E-state index contributed by atoms with van der Waals surface area (Å²) in [7, 11) is 0. The lowest BCUT2D eigenvalue weighted by Crippen LogP contribution is -2.50. The molecule has 0 aliphatic carbocycles. The summed E-state index contributed by atoms with van der Waals surface area (Å²) in [6.45, 7) is 5.88. The first-order chi connectivity index (χ1) is 14.3. The van der Waals surface area contributed by atoms with Crippen LogP contribution >= 0.6 is 23.4 Å². The minimum Gasteiger partial charge on any atom is -0.352 e. The van der Waals surface area contributed by atoms with Crippen LogP contribution in [0.3, 0.4) is 0 Å². The zero-order chi connectivity index (χ0) is 22.1. The fourth-order valence-corrected chi connectivity index (χ4v) is 3.87. The average Bonchev–Trinajstić information content (AvgIpc) is 2.72. The molecule has 0 aliphatic heterocycles. The molecule has 0 aromatic heterocycles. The molecule has 0 spiro atoms. The number of nitrogens with zero attached hydrogens (tertiary/aromatic N) is 1. The van der Waals surface area contributed by atoms with Crippen molar-refractivity contribution in [2.45, 2.75) is 51.6 Å².